The topological polar surface area (TPSA) is 54.9 Å². The second-order valence-electron chi connectivity index (χ2n) is 6.47. The summed E-state index contributed by atoms with van der Waals surface area (Å²) in [6.45, 7) is 0. The van der Waals surface area contributed by atoms with Gasteiger partial charge in [0.2, 0.25) is 5.91 Å². The van der Waals surface area contributed by atoms with Gasteiger partial charge in [-0.3, -0.25) is 4.79 Å². The molecule has 6 heteroatoms. The van der Waals surface area contributed by atoms with E-state index in [1.54, 1.807) is 0 Å². The number of hydrogen-bond acceptors (Lipinski definition) is 4. The zero-order chi connectivity index (χ0) is 20.1. The van der Waals surface area contributed by atoms with E-state index in [9.17, 15) is 9.18 Å². The standard InChI is InChI=1S/C23H18FN3OS/c24-17-10-12-18(13-11-17)25-22(28)15-29-23-19-8-4-5-9-20(19)26-21(27-23)14-16-6-2-1-3-7-16/h1-13H,14-15H2,(H,25,28). The van der Waals surface area contributed by atoms with E-state index in [0.717, 1.165) is 27.3 Å². The first-order valence-corrected chi connectivity index (χ1v) is 10.1. The molecular formula is C23H18FN3OS. The molecule has 0 bridgehead atoms. The van der Waals surface area contributed by atoms with Crippen LogP contribution >= 0.6 is 11.8 Å². The smallest absolute Gasteiger partial charge is 0.234 e. The predicted octanol–water partition coefficient (Wildman–Crippen LogP) is 5.09. The molecule has 4 nitrogen and oxygen atoms in total. The largest absolute Gasteiger partial charge is 0.325 e. The van der Waals surface area contributed by atoms with Gasteiger partial charge in [-0.05, 0) is 35.9 Å². The van der Waals surface area contributed by atoms with Gasteiger partial charge in [0, 0.05) is 17.5 Å². The lowest BCUT2D eigenvalue weighted by Gasteiger charge is -2.09. The Bertz CT molecular complexity index is 1130. The molecule has 0 radical (unpaired) electrons. The molecule has 144 valence electrons. The van der Waals surface area contributed by atoms with Crippen molar-refractivity contribution in [2.45, 2.75) is 11.4 Å². The highest BCUT2D eigenvalue weighted by Gasteiger charge is 2.11. The molecule has 0 aliphatic rings. The molecule has 4 aromatic rings. The van der Waals surface area contributed by atoms with E-state index >= 15 is 0 Å². The van der Waals surface area contributed by atoms with Gasteiger partial charge in [0.1, 0.15) is 16.7 Å². The number of nitrogens with one attached hydrogen (secondary N) is 1. The Hall–Kier alpha value is -3.25. The van der Waals surface area contributed by atoms with Gasteiger partial charge in [0.25, 0.3) is 0 Å². The first-order chi connectivity index (χ1) is 14.2. The minimum absolute atomic E-state index is 0.172. The maximum atomic E-state index is 13.0. The van der Waals surface area contributed by atoms with Crippen molar-refractivity contribution in [2.24, 2.45) is 0 Å². The summed E-state index contributed by atoms with van der Waals surface area (Å²) in [7, 11) is 0. The quantitative estimate of drug-likeness (QED) is 0.360. The zero-order valence-corrected chi connectivity index (χ0v) is 16.3. The van der Waals surface area contributed by atoms with Crippen LogP contribution in [0.25, 0.3) is 10.9 Å². The second-order valence-corrected chi connectivity index (χ2v) is 7.43. The number of aromatic nitrogens is 2. The highest BCUT2D eigenvalue weighted by Crippen LogP contribution is 2.26. The molecule has 1 N–H and O–H groups in total. The molecule has 0 saturated heterocycles. The van der Waals surface area contributed by atoms with E-state index in [0.29, 0.717) is 12.1 Å². The minimum atomic E-state index is -0.337. The van der Waals surface area contributed by atoms with Crippen LogP contribution in [0, 0.1) is 5.82 Å². The lowest BCUT2D eigenvalue weighted by Crippen LogP contribution is -2.14. The van der Waals surface area contributed by atoms with Crippen LogP contribution < -0.4 is 5.32 Å². The molecule has 1 heterocycles. The molecule has 0 aliphatic heterocycles. The maximum Gasteiger partial charge on any atom is 0.234 e. The van der Waals surface area contributed by atoms with Gasteiger partial charge in [-0.2, -0.15) is 0 Å². The highest BCUT2D eigenvalue weighted by atomic mass is 32.2. The number of amides is 1. The van der Waals surface area contributed by atoms with E-state index in [1.165, 1.54) is 36.0 Å². The summed E-state index contributed by atoms with van der Waals surface area (Å²) in [5.41, 5.74) is 2.55. The van der Waals surface area contributed by atoms with Crippen molar-refractivity contribution in [1.29, 1.82) is 0 Å². The fourth-order valence-electron chi connectivity index (χ4n) is 2.93. The monoisotopic (exact) mass is 403 g/mol. The highest BCUT2D eigenvalue weighted by molar-refractivity contribution is 8.00. The number of carbonyl (C=O) groups excluding carboxylic acids is 1. The summed E-state index contributed by atoms with van der Waals surface area (Å²) in [5.74, 6) is 0.407. The van der Waals surface area contributed by atoms with Crippen LogP contribution in [0.4, 0.5) is 10.1 Å². The molecule has 0 aliphatic carbocycles. The average molecular weight is 403 g/mol. The van der Waals surface area contributed by atoms with Crippen molar-refractivity contribution in [3.05, 3.63) is 96.1 Å². The van der Waals surface area contributed by atoms with E-state index < -0.39 is 0 Å². The Morgan fingerprint density at radius 1 is 0.897 bits per heavy atom. The zero-order valence-electron chi connectivity index (χ0n) is 15.5. The van der Waals surface area contributed by atoms with Crippen molar-refractivity contribution in [3.8, 4) is 0 Å². The summed E-state index contributed by atoms with van der Waals surface area (Å²) < 4.78 is 13.0. The number of benzene rings is 3. The molecule has 0 atom stereocenters. The molecule has 0 fully saturated rings. The van der Waals surface area contributed by atoms with Crippen LogP contribution in [0.5, 0.6) is 0 Å². The lowest BCUT2D eigenvalue weighted by molar-refractivity contribution is -0.113. The van der Waals surface area contributed by atoms with Gasteiger partial charge in [-0.15, -0.1) is 0 Å². The van der Waals surface area contributed by atoms with Gasteiger partial charge in [-0.25, -0.2) is 14.4 Å². The number of nitrogens with zero attached hydrogens (tertiary/aromatic N) is 2. The second kappa shape index (κ2) is 8.84. The number of para-hydroxylation sites is 1. The molecular weight excluding hydrogens is 385 g/mol. The van der Waals surface area contributed by atoms with Crippen molar-refractivity contribution < 1.29 is 9.18 Å². The van der Waals surface area contributed by atoms with Crippen LogP contribution in [0.3, 0.4) is 0 Å². The predicted molar refractivity (Wildman–Crippen MR) is 115 cm³/mol. The third-order valence-electron chi connectivity index (χ3n) is 4.29. The molecule has 4 rings (SSSR count). The first-order valence-electron chi connectivity index (χ1n) is 9.15. The van der Waals surface area contributed by atoms with Gasteiger partial charge in [-0.1, -0.05) is 60.3 Å². The Labute approximate surface area is 172 Å². The summed E-state index contributed by atoms with van der Waals surface area (Å²) in [5, 5.41) is 4.47. The Kier molecular flexibility index (Phi) is 5.81. The van der Waals surface area contributed by atoms with Gasteiger partial charge >= 0.3 is 0 Å². The van der Waals surface area contributed by atoms with E-state index in [4.69, 9.17) is 4.98 Å². The average Bonchev–Trinajstić information content (AvgIpc) is 2.74. The van der Waals surface area contributed by atoms with Crippen LogP contribution in [0.15, 0.2) is 83.9 Å². The first kappa shape index (κ1) is 19.1. The van der Waals surface area contributed by atoms with Crippen molar-refractivity contribution >= 4 is 34.3 Å². The summed E-state index contributed by atoms with van der Waals surface area (Å²) in [6, 6.07) is 23.5. The molecule has 0 unspecified atom stereocenters. The normalized spacial score (nSPS) is 10.8. The van der Waals surface area contributed by atoms with Gasteiger partial charge < -0.3 is 5.32 Å². The molecule has 1 aromatic heterocycles. The third kappa shape index (κ3) is 4.97. The fraction of sp³-hybridized carbons (Fsp3) is 0.0870. The minimum Gasteiger partial charge on any atom is -0.325 e. The van der Waals surface area contributed by atoms with Gasteiger partial charge in [0.05, 0.1) is 11.3 Å². The maximum absolute atomic E-state index is 13.0. The molecule has 3 aromatic carbocycles. The number of rotatable bonds is 6. The molecule has 0 spiro atoms. The van der Waals surface area contributed by atoms with Crippen LogP contribution in [-0.2, 0) is 11.2 Å². The SMILES string of the molecule is O=C(CSc1nc(Cc2ccccc2)nc2ccccc12)Nc1ccc(F)cc1. The number of carbonyl (C=O) groups is 1. The summed E-state index contributed by atoms with van der Waals surface area (Å²) in [4.78, 5) is 21.7. The van der Waals surface area contributed by atoms with Gasteiger partial charge in [0.15, 0.2) is 0 Å². The number of anilines is 1. The molecule has 1 amide bonds. The Balaban J connectivity index is 1.52. The fourth-order valence-corrected chi connectivity index (χ4v) is 3.76. The Morgan fingerprint density at radius 3 is 2.41 bits per heavy atom. The van der Waals surface area contributed by atoms with Crippen LogP contribution in [0.1, 0.15) is 11.4 Å². The Morgan fingerprint density at radius 2 is 1.62 bits per heavy atom. The third-order valence-corrected chi connectivity index (χ3v) is 5.28. The van der Waals surface area contributed by atoms with Crippen molar-refractivity contribution in [2.75, 3.05) is 11.1 Å². The number of thioether (sulfide) groups is 1. The van der Waals surface area contributed by atoms with E-state index in [1.807, 2.05) is 54.6 Å². The van der Waals surface area contributed by atoms with E-state index in [-0.39, 0.29) is 17.5 Å². The molecule has 29 heavy (non-hydrogen) atoms. The number of hydrogen-bond donors (Lipinski definition) is 1. The van der Waals surface area contributed by atoms with E-state index in [2.05, 4.69) is 10.3 Å². The number of halogens is 1. The number of fused-ring (bicyclic) bond motifs is 1. The van der Waals surface area contributed by atoms with Crippen LogP contribution in [0.2, 0.25) is 0 Å². The van der Waals surface area contributed by atoms with Crippen molar-refractivity contribution in [1.82, 2.24) is 9.97 Å². The molecule has 0 saturated carbocycles. The lowest BCUT2D eigenvalue weighted by atomic mass is 10.1. The van der Waals surface area contributed by atoms with Crippen LogP contribution in [-0.4, -0.2) is 21.6 Å². The van der Waals surface area contributed by atoms with Crippen molar-refractivity contribution in [3.63, 3.8) is 0 Å². The summed E-state index contributed by atoms with van der Waals surface area (Å²) >= 11 is 1.37. The summed E-state index contributed by atoms with van der Waals surface area (Å²) in [6.07, 6.45) is 0.626.